The van der Waals surface area contributed by atoms with Gasteiger partial charge < -0.3 is 9.64 Å². The fourth-order valence-electron chi connectivity index (χ4n) is 3.05. The van der Waals surface area contributed by atoms with Gasteiger partial charge in [-0.2, -0.15) is 0 Å². The van der Waals surface area contributed by atoms with E-state index in [2.05, 4.69) is 6.07 Å². The van der Waals surface area contributed by atoms with Crippen LogP contribution in [0.3, 0.4) is 0 Å². The summed E-state index contributed by atoms with van der Waals surface area (Å²) in [5.74, 6) is -0.666. The van der Waals surface area contributed by atoms with Crippen molar-refractivity contribution >= 4 is 18.0 Å². The molecule has 2 aromatic carbocycles. The average Bonchev–Trinajstić information content (AvgIpc) is 2.66. The molecule has 4 heteroatoms. The molecule has 0 N–H and O–H groups in total. The van der Waals surface area contributed by atoms with Crippen molar-refractivity contribution in [2.75, 3.05) is 6.54 Å². The van der Waals surface area contributed by atoms with E-state index in [4.69, 9.17) is 4.74 Å². The molecule has 26 heavy (non-hydrogen) atoms. The third kappa shape index (κ3) is 4.39. The minimum Gasteiger partial charge on any atom is -0.449 e. The second-order valence-electron chi connectivity index (χ2n) is 6.60. The van der Waals surface area contributed by atoms with Gasteiger partial charge in [-0.15, -0.1) is 0 Å². The molecule has 0 aliphatic carbocycles. The second kappa shape index (κ2) is 8.00. The number of carbonyl (C=O) groups is 2. The first-order valence-corrected chi connectivity index (χ1v) is 8.84. The number of hydrogen-bond donors (Lipinski definition) is 0. The zero-order valence-electron chi connectivity index (χ0n) is 15.1. The van der Waals surface area contributed by atoms with Gasteiger partial charge >= 0.3 is 5.97 Å². The predicted molar refractivity (Wildman–Crippen MR) is 101 cm³/mol. The van der Waals surface area contributed by atoms with Crippen molar-refractivity contribution in [1.82, 2.24) is 4.90 Å². The number of carbonyl (C=O) groups excluding carboxylic acids is 2. The van der Waals surface area contributed by atoms with Crippen molar-refractivity contribution in [2.45, 2.75) is 32.9 Å². The van der Waals surface area contributed by atoms with Crippen molar-refractivity contribution in [3.05, 3.63) is 76.9 Å². The van der Waals surface area contributed by atoms with Crippen LogP contribution in [0.1, 0.15) is 29.2 Å². The van der Waals surface area contributed by atoms with Gasteiger partial charge in [0.05, 0.1) is 0 Å². The Hall–Kier alpha value is -2.88. The van der Waals surface area contributed by atoms with Crippen molar-refractivity contribution in [2.24, 2.45) is 0 Å². The number of nitrogens with zero attached hydrogens (tertiary/aromatic N) is 1. The number of rotatable bonds is 4. The normalized spacial score (nSPS) is 14.8. The molecule has 1 atom stereocenters. The average molecular weight is 349 g/mol. The molecule has 1 amide bonds. The van der Waals surface area contributed by atoms with Crippen LogP contribution in [-0.4, -0.2) is 29.4 Å². The van der Waals surface area contributed by atoms with Gasteiger partial charge in [-0.3, -0.25) is 4.79 Å². The second-order valence-corrected chi connectivity index (χ2v) is 6.60. The highest BCUT2D eigenvalue weighted by molar-refractivity contribution is 5.90. The van der Waals surface area contributed by atoms with E-state index < -0.39 is 12.1 Å². The summed E-state index contributed by atoms with van der Waals surface area (Å²) in [7, 11) is 0. The van der Waals surface area contributed by atoms with Gasteiger partial charge in [0.1, 0.15) is 0 Å². The van der Waals surface area contributed by atoms with Gasteiger partial charge in [-0.1, -0.05) is 54.1 Å². The maximum atomic E-state index is 12.6. The molecule has 2 aromatic rings. The molecule has 1 aliphatic heterocycles. The number of aryl methyl sites for hydroxylation is 1. The quantitative estimate of drug-likeness (QED) is 0.627. The molecule has 134 valence electrons. The van der Waals surface area contributed by atoms with E-state index in [9.17, 15) is 9.59 Å². The van der Waals surface area contributed by atoms with Crippen LogP contribution in [0.2, 0.25) is 0 Å². The minimum absolute atomic E-state index is 0.156. The Labute approximate surface area is 154 Å². The lowest BCUT2D eigenvalue weighted by molar-refractivity contribution is -0.155. The van der Waals surface area contributed by atoms with Crippen LogP contribution in [0, 0.1) is 6.92 Å². The van der Waals surface area contributed by atoms with Gasteiger partial charge in [0, 0.05) is 19.2 Å². The lowest BCUT2D eigenvalue weighted by atomic mass is 9.99. The molecular formula is C22H23NO3. The summed E-state index contributed by atoms with van der Waals surface area (Å²) in [6.07, 6.45) is 3.09. The number of fused-ring (bicyclic) bond motifs is 1. The smallest absolute Gasteiger partial charge is 0.331 e. The lowest BCUT2D eigenvalue weighted by Crippen LogP contribution is -2.42. The Kier molecular flexibility index (Phi) is 5.52. The van der Waals surface area contributed by atoms with E-state index in [0.29, 0.717) is 13.1 Å². The zero-order chi connectivity index (χ0) is 18.5. The number of amides is 1. The minimum atomic E-state index is -0.796. The predicted octanol–water partition coefficient (Wildman–Crippen LogP) is 3.52. The molecule has 0 saturated carbocycles. The Morgan fingerprint density at radius 2 is 1.77 bits per heavy atom. The van der Waals surface area contributed by atoms with Crippen molar-refractivity contribution in [3.8, 4) is 0 Å². The van der Waals surface area contributed by atoms with Crippen LogP contribution < -0.4 is 0 Å². The SMILES string of the molecule is Cc1ccc(/C=C/C(=O)O[C@@H](C)C(=O)N2CCc3ccccc3C2)cc1. The molecule has 0 unspecified atom stereocenters. The van der Waals surface area contributed by atoms with Gasteiger partial charge in [-0.25, -0.2) is 4.79 Å². The third-order valence-electron chi connectivity index (χ3n) is 4.57. The zero-order valence-corrected chi connectivity index (χ0v) is 15.1. The number of ether oxygens (including phenoxy) is 1. The van der Waals surface area contributed by atoms with Crippen LogP contribution in [-0.2, 0) is 27.3 Å². The number of benzene rings is 2. The molecular weight excluding hydrogens is 326 g/mol. The van der Waals surface area contributed by atoms with Gasteiger partial charge in [-0.05, 0) is 43.0 Å². The highest BCUT2D eigenvalue weighted by Crippen LogP contribution is 2.19. The highest BCUT2D eigenvalue weighted by atomic mass is 16.5. The van der Waals surface area contributed by atoms with Crippen LogP contribution in [0.15, 0.2) is 54.6 Å². The van der Waals surface area contributed by atoms with Crippen molar-refractivity contribution < 1.29 is 14.3 Å². The van der Waals surface area contributed by atoms with E-state index in [1.807, 2.05) is 49.4 Å². The van der Waals surface area contributed by atoms with Gasteiger partial charge in [0.2, 0.25) is 0 Å². The van der Waals surface area contributed by atoms with E-state index in [0.717, 1.165) is 23.1 Å². The van der Waals surface area contributed by atoms with Crippen LogP contribution >= 0.6 is 0 Å². The van der Waals surface area contributed by atoms with E-state index >= 15 is 0 Å². The molecule has 0 spiro atoms. The fourth-order valence-corrected chi connectivity index (χ4v) is 3.05. The largest absolute Gasteiger partial charge is 0.449 e. The molecule has 0 saturated heterocycles. The Morgan fingerprint density at radius 1 is 1.08 bits per heavy atom. The molecule has 1 aliphatic rings. The molecule has 0 aromatic heterocycles. The first-order chi connectivity index (χ1) is 12.5. The lowest BCUT2D eigenvalue weighted by Gasteiger charge is -2.30. The Morgan fingerprint density at radius 3 is 2.50 bits per heavy atom. The molecule has 1 heterocycles. The Bertz CT molecular complexity index is 824. The molecule has 0 fully saturated rings. The number of esters is 1. The Balaban J connectivity index is 1.55. The van der Waals surface area contributed by atoms with Crippen LogP contribution in [0.4, 0.5) is 0 Å². The first kappa shape index (κ1) is 17.9. The standard InChI is InChI=1S/C22H23NO3/c1-16-7-9-18(10-8-16)11-12-21(24)26-17(2)22(25)23-14-13-19-5-3-4-6-20(19)15-23/h3-12,17H,13-15H2,1-2H3/b12-11+/t17-/m0/s1. The maximum absolute atomic E-state index is 12.6. The third-order valence-corrected chi connectivity index (χ3v) is 4.57. The monoisotopic (exact) mass is 349 g/mol. The summed E-state index contributed by atoms with van der Waals surface area (Å²) >= 11 is 0. The van der Waals surface area contributed by atoms with E-state index in [1.165, 1.54) is 11.6 Å². The maximum Gasteiger partial charge on any atom is 0.331 e. The summed E-state index contributed by atoms with van der Waals surface area (Å²) in [6, 6.07) is 15.9. The van der Waals surface area contributed by atoms with E-state index in [1.54, 1.807) is 17.9 Å². The molecule has 0 radical (unpaired) electrons. The van der Waals surface area contributed by atoms with Gasteiger partial charge in [0.15, 0.2) is 6.10 Å². The molecule has 0 bridgehead atoms. The highest BCUT2D eigenvalue weighted by Gasteiger charge is 2.26. The van der Waals surface area contributed by atoms with E-state index in [-0.39, 0.29) is 5.91 Å². The summed E-state index contributed by atoms with van der Waals surface area (Å²) in [5, 5.41) is 0. The van der Waals surface area contributed by atoms with Gasteiger partial charge in [0.25, 0.3) is 5.91 Å². The summed E-state index contributed by atoms with van der Waals surface area (Å²) < 4.78 is 5.28. The molecule has 3 rings (SSSR count). The summed E-state index contributed by atoms with van der Waals surface area (Å²) in [6.45, 7) is 4.85. The fraction of sp³-hybridized carbons (Fsp3) is 0.273. The topological polar surface area (TPSA) is 46.6 Å². The first-order valence-electron chi connectivity index (χ1n) is 8.84. The van der Waals surface area contributed by atoms with Crippen molar-refractivity contribution in [1.29, 1.82) is 0 Å². The summed E-state index contributed by atoms with van der Waals surface area (Å²) in [5.41, 5.74) is 4.51. The van der Waals surface area contributed by atoms with Crippen LogP contribution in [0.25, 0.3) is 6.08 Å². The summed E-state index contributed by atoms with van der Waals surface area (Å²) in [4.78, 5) is 26.3. The number of hydrogen-bond acceptors (Lipinski definition) is 3. The molecule has 4 nitrogen and oxygen atoms in total. The van der Waals surface area contributed by atoms with Crippen LogP contribution in [0.5, 0.6) is 0 Å². The van der Waals surface area contributed by atoms with Crippen molar-refractivity contribution in [3.63, 3.8) is 0 Å².